The molecule has 15 heavy (non-hydrogen) atoms. The van der Waals surface area contributed by atoms with Gasteiger partial charge < -0.3 is 0 Å². The summed E-state index contributed by atoms with van der Waals surface area (Å²) < 4.78 is 0. The van der Waals surface area contributed by atoms with Crippen LogP contribution in [-0.4, -0.2) is 12.1 Å². The summed E-state index contributed by atoms with van der Waals surface area (Å²) in [6.45, 7) is 12.8. The van der Waals surface area contributed by atoms with Crippen molar-refractivity contribution in [1.29, 1.82) is 0 Å². The Morgan fingerprint density at radius 1 is 1.27 bits per heavy atom. The van der Waals surface area contributed by atoms with Gasteiger partial charge in [-0.15, -0.1) is 0 Å². The van der Waals surface area contributed by atoms with E-state index in [0.29, 0.717) is 11.3 Å². The number of nitrogens with zero attached hydrogens (tertiary/aromatic N) is 2. The predicted molar refractivity (Wildman–Crippen MR) is 69.7 cm³/mol. The highest BCUT2D eigenvalue weighted by atomic mass is 14.9. The first-order valence-electron chi connectivity index (χ1n) is 5.58. The minimum Gasteiger partial charge on any atom is -0.246 e. The second-order valence-electron chi connectivity index (χ2n) is 5.02. The Kier molecular flexibility index (Phi) is 6.14. The maximum atomic E-state index is 4.35. The largest absolute Gasteiger partial charge is 0.246 e. The van der Waals surface area contributed by atoms with Crippen molar-refractivity contribution in [3.63, 3.8) is 0 Å². The molecule has 1 atom stereocenters. The van der Waals surface area contributed by atoms with Crippen LogP contribution in [0.5, 0.6) is 0 Å². The van der Waals surface area contributed by atoms with Gasteiger partial charge in [-0.3, -0.25) is 0 Å². The minimum atomic E-state index is 0.319. The highest BCUT2D eigenvalue weighted by molar-refractivity contribution is 5.91. The topological polar surface area (TPSA) is 24.7 Å². The first-order valence-corrected chi connectivity index (χ1v) is 5.58. The van der Waals surface area contributed by atoms with Crippen LogP contribution in [0.3, 0.4) is 0 Å². The van der Waals surface area contributed by atoms with Gasteiger partial charge in [-0.1, -0.05) is 33.8 Å². The monoisotopic (exact) mass is 208 g/mol. The van der Waals surface area contributed by atoms with Crippen LogP contribution in [-0.2, 0) is 0 Å². The summed E-state index contributed by atoms with van der Waals surface area (Å²) in [5, 5.41) is 0. The van der Waals surface area contributed by atoms with Crippen molar-refractivity contribution in [2.24, 2.45) is 21.3 Å². The summed E-state index contributed by atoms with van der Waals surface area (Å²) in [4.78, 5) is 8.67. The first kappa shape index (κ1) is 14.1. The van der Waals surface area contributed by atoms with E-state index in [1.807, 2.05) is 32.3 Å². The van der Waals surface area contributed by atoms with Gasteiger partial charge in [0, 0.05) is 18.3 Å². The molecule has 0 amide bonds. The third-order valence-corrected chi connectivity index (χ3v) is 1.98. The van der Waals surface area contributed by atoms with Crippen molar-refractivity contribution in [2.75, 3.05) is 0 Å². The molecule has 0 fully saturated rings. The fourth-order valence-corrected chi connectivity index (χ4v) is 1.58. The van der Waals surface area contributed by atoms with E-state index in [1.165, 1.54) is 0 Å². The highest BCUT2D eigenvalue weighted by Gasteiger charge is 2.18. The Labute approximate surface area is 94.2 Å². The normalized spacial score (nSPS) is 16.5. The van der Waals surface area contributed by atoms with E-state index in [2.05, 4.69) is 37.7 Å². The lowest BCUT2D eigenvalue weighted by Gasteiger charge is -2.22. The molecular formula is C13H24N2. The zero-order valence-corrected chi connectivity index (χ0v) is 10.9. The van der Waals surface area contributed by atoms with Crippen molar-refractivity contribution < 1.29 is 0 Å². The molecule has 0 aliphatic carbocycles. The number of hydrogen-bond acceptors (Lipinski definition) is 1. The third kappa shape index (κ3) is 7.06. The van der Waals surface area contributed by atoms with Crippen LogP contribution in [0.4, 0.5) is 0 Å². The van der Waals surface area contributed by atoms with Gasteiger partial charge in [-0.25, -0.2) is 9.98 Å². The maximum absolute atomic E-state index is 4.35. The van der Waals surface area contributed by atoms with Gasteiger partial charge in [-0.05, 0) is 25.7 Å². The Morgan fingerprint density at radius 2 is 1.87 bits per heavy atom. The Hall–Kier alpha value is -0.920. The van der Waals surface area contributed by atoms with E-state index in [0.717, 1.165) is 12.3 Å². The quantitative estimate of drug-likeness (QED) is 0.493. The summed E-state index contributed by atoms with van der Waals surface area (Å²) in [5.74, 6) is 1.32. The lowest BCUT2D eigenvalue weighted by atomic mass is 9.85. The molecule has 0 aromatic heterocycles. The number of hydrogen-bond donors (Lipinski definition) is 0. The van der Waals surface area contributed by atoms with E-state index in [4.69, 9.17) is 0 Å². The van der Waals surface area contributed by atoms with E-state index in [1.54, 1.807) is 0 Å². The predicted octanol–water partition coefficient (Wildman–Crippen LogP) is 4.08. The molecule has 0 aromatic carbocycles. The molecule has 0 aliphatic heterocycles. The van der Waals surface area contributed by atoms with Crippen molar-refractivity contribution in [3.8, 4) is 0 Å². The molecule has 2 nitrogen and oxygen atoms in total. The summed E-state index contributed by atoms with van der Waals surface area (Å²) in [7, 11) is 0. The molecule has 0 aromatic rings. The van der Waals surface area contributed by atoms with E-state index >= 15 is 0 Å². The molecule has 0 rings (SSSR count). The second-order valence-corrected chi connectivity index (χ2v) is 5.02. The molecule has 0 N–H and O–H groups in total. The number of allylic oxidation sites excluding steroid dienone is 1. The van der Waals surface area contributed by atoms with Gasteiger partial charge in [0.1, 0.15) is 5.84 Å². The molecule has 0 radical (unpaired) electrons. The van der Waals surface area contributed by atoms with Crippen LogP contribution >= 0.6 is 0 Å². The van der Waals surface area contributed by atoms with Crippen LogP contribution in [0.1, 0.15) is 48.0 Å². The summed E-state index contributed by atoms with van der Waals surface area (Å²) in [6, 6.07) is 0. The van der Waals surface area contributed by atoms with E-state index in [-0.39, 0.29) is 0 Å². The molecule has 2 heteroatoms. The average molecular weight is 208 g/mol. The molecule has 0 saturated carbocycles. The molecule has 1 unspecified atom stereocenters. The number of amidine groups is 1. The van der Waals surface area contributed by atoms with Gasteiger partial charge in [0.25, 0.3) is 0 Å². The highest BCUT2D eigenvalue weighted by Crippen LogP contribution is 2.25. The molecule has 0 spiro atoms. The molecule has 0 heterocycles. The van der Waals surface area contributed by atoms with Crippen LogP contribution in [0.2, 0.25) is 0 Å². The Bertz CT molecular complexity index is 254. The maximum Gasteiger partial charge on any atom is 0.130 e. The molecular weight excluding hydrogens is 184 g/mol. The van der Waals surface area contributed by atoms with E-state index in [9.17, 15) is 0 Å². The summed E-state index contributed by atoms with van der Waals surface area (Å²) >= 11 is 0. The zero-order valence-electron chi connectivity index (χ0n) is 10.9. The molecule has 0 saturated heterocycles. The van der Waals surface area contributed by atoms with Gasteiger partial charge in [0.15, 0.2) is 0 Å². The standard InChI is InChI=1S/C13H24N2/c1-7-9-15-12(14-8-2)11(3)10-13(4,5)6/h7-9,11H,10H2,1-6H3/b9-7-,14-8-,15-12-. The van der Waals surface area contributed by atoms with Crippen molar-refractivity contribution in [3.05, 3.63) is 12.3 Å². The molecule has 86 valence electrons. The second kappa shape index (κ2) is 6.54. The molecule has 0 aliphatic rings. The van der Waals surface area contributed by atoms with Gasteiger partial charge in [-0.2, -0.15) is 0 Å². The first-order chi connectivity index (χ1) is 6.90. The van der Waals surface area contributed by atoms with Crippen molar-refractivity contribution >= 4 is 12.1 Å². The minimum absolute atomic E-state index is 0.319. The SMILES string of the molecule is C\C=C/N=C(\N=C/C)C(C)CC(C)(C)C. The Morgan fingerprint density at radius 3 is 2.27 bits per heavy atom. The van der Waals surface area contributed by atoms with Crippen molar-refractivity contribution in [1.82, 2.24) is 0 Å². The van der Waals surface area contributed by atoms with Gasteiger partial charge >= 0.3 is 0 Å². The summed E-state index contributed by atoms with van der Waals surface area (Å²) in [6.07, 6.45) is 6.64. The Balaban J connectivity index is 4.63. The van der Waals surface area contributed by atoms with Crippen LogP contribution < -0.4 is 0 Å². The fourth-order valence-electron chi connectivity index (χ4n) is 1.58. The summed E-state index contributed by atoms with van der Waals surface area (Å²) in [5.41, 5.74) is 0.319. The van der Waals surface area contributed by atoms with Crippen molar-refractivity contribution in [2.45, 2.75) is 48.0 Å². The van der Waals surface area contributed by atoms with E-state index < -0.39 is 0 Å². The van der Waals surface area contributed by atoms with Crippen LogP contribution in [0, 0.1) is 11.3 Å². The van der Waals surface area contributed by atoms with Gasteiger partial charge in [0.05, 0.1) is 0 Å². The number of aliphatic imine (C=N–C) groups is 2. The third-order valence-electron chi connectivity index (χ3n) is 1.98. The lowest BCUT2D eigenvalue weighted by molar-refractivity contribution is 0.345. The van der Waals surface area contributed by atoms with Gasteiger partial charge in [0.2, 0.25) is 0 Å². The van der Waals surface area contributed by atoms with Crippen LogP contribution in [0.15, 0.2) is 22.3 Å². The lowest BCUT2D eigenvalue weighted by Crippen LogP contribution is -2.17. The molecule has 0 bridgehead atoms. The smallest absolute Gasteiger partial charge is 0.130 e. The zero-order chi connectivity index (χ0) is 11.9. The van der Waals surface area contributed by atoms with Crippen LogP contribution in [0.25, 0.3) is 0 Å². The average Bonchev–Trinajstić information content (AvgIpc) is 2.09. The fraction of sp³-hybridized carbons (Fsp3) is 0.692. The number of rotatable bonds is 3.